The van der Waals surface area contributed by atoms with Crippen LogP contribution in [0.3, 0.4) is 0 Å². The molecule has 0 radical (unpaired) electrons. The van der Waals surface area contributed by atoms with Crippen LogP contribution in [-0.2, 0) is 17.5 Å². The van der Waals surface area contributed by atoms with Gasteiger partial charge in [0.05, 0.1) is 39.0 Å². The summed E-state index contributed by atoms with van der Waals surface area (Å²) in [6, 6.07) is 3.99. The van der Waals surface area contributed by atoms with Crippen molar-refractivity contribution in [1.82, 2.24) is 14.5 Å². The van der Waals surface area contributed by atoms with Gasteiger partial charge >= 0.3 is 6.18 Å². The topological polar surface area (TPSA) is 59.9 Å². The van der Waals surface area contributed by atoms with E-state index in [2.05, 4.69) is 9.97 Å². The average molecular weight is 422 g/mol. The summed E-state index contributed by atoms with van der Waals surface area (Å²) >= 11 is 12.1. The van der Waals surface area contributed by atoms with E-state index in [1.54, 1.807) is 12.1 Å². The number of rotatable bonds is 4. The summed E-state index contributed by atoms with van der Waals surface area (Å²) in [5, 5.41) is -0.561. The van der Waals surface area contributed by atoms with E-state index in [4.69, 9.17) is 28.6 Å². The quantitative estimate of drug-likeness (QED) is 0.630. The van der Waals surface area contributed by atoms with Gasteiger partial charge in [-0.1, -0.05) is 11.6 Å². The lowest BCUT2D eigenvalue weighted by Gasteiger charge is -2.15. The molecule has 0 aliphatic carbocycles. The zero-order valence-corrected chi connectivity index (χ0v) is 15.6. The fraction of sp³-hybridized carbons (Fsp3) is 0.267. The van der Waals surface area contributed by atoms with Crippen molar-refractivity contribution in [3.05, 3.63) is 43.2 Å². The van der Waals surface area contributed by atoms with E-state index >= 15 is 0 Å². The first kappa shape index (κ1) is 19.0. The number of hydrogen-bond acceptors (Lipinski definition) is 5. The van der Waals surface area contributed by atoms with Crippen LogP contribution in [0.5, 0.6) is 0 Å². The van der Waals surface area contributed by atoms with Crippen LogP contribution in [0.25, 0.3) is 21.6 Å². The number of fused-ring (bicyclic) bond motifs is 1. The molecule has 3 heterocycles. The molecular formula is C15H11ClF3N3O2S2. The van der Waals surface area contributed by atoms with Crippen LogP contribution in [0, 0.1) is 4.77 Å². The SMILES string of the molecule is COCCn1c(=S)[nH]c(=O)c2c(C(F)(F)F)cc(-c3ccc(Cl)s3)nc21. The number of aromatic amines is 1. The summed E-state index contributed by atoms with van der Waals surface area (Å²) < 4.78 is 47.5. The first-order valence-corrected chi connectivity index (χ1v) is 8.82. The molecule has 0 saturated carbocycles. The highest BCUT2D eigenvalue weighted by Gasteiger charge is 2.35. The largest absolute Gasteiger partial charge is 0.417 e. The first-order valence-electron chi connectivity index (χ1n) is 7.22. The second-order valence-corrected chi connectivity index (χ2v) is 7.36. The van der Waals surface area contributed by atoms with Gasteiger partial charge in [0, 0.05) is 7.11 Å². The van der Waals surface area contributed by atoms with Crippen LogP contribution in [0.4, 0.5) is 13.2 Å². The van der Waals surface area contributed by atoms with E-state index in [0.29, 0.717) is 9.21 Å². The summed E-state index contributed by atoms with van der Waals surface area (Å²) in [6.45, 7) is 0.328. The van der Waals surface area contributed by atoms with Gasteiger partial charge < -0.3 is 9.30 Å². The van der Waals surface area contributed by atoms with Crippen LogP contribution in [-0.4, -0.2) is 28.3 Å². The number of hydrogen-bond donors (Lipinski definition) is 1. The van der Waals surface area contributed by atoms with Crippen molar-refractivity contribution in [3.63, 3.8) is 0 Å². The van der Waals surface area contributed by atoms with Crippen molar-refractivity contribution in [1.29, 1.82) is 0 Å². The minimum Gasteiger partial charge on any atom is -0.383 e. The molecule has 11 heteroatoms. The van der Waals surface area contributed by atoms with Crippen LogP contribution in [0.15, 0.2) is 23.0 Å². The zero-order valence-electron chi connectivity index (χ0n) is 13.2. The number of methoxy groups -OCH3 is 1. The highest BCUT2D eigenvalue weighted by Crippen LogP contribution is 2.37. The number of nitrogens with one attached hydrogen (secondary N) is 1. The zero-order chi connectivity index (χ0) is 19.1. The molecule has 3 rings (SSSR count). The number of thiophene rings is 1. The molecule has 3 aromatic rings. The smallest absolute Gasteiger partial charge is 0.383 e. The molecule has 0 unspecified atom stereocenters. The number of alkyl halides is 3. The third-order valence-corrected chi connectivity index (χ3v) is 5.17. The highest BCUT2D eigenvalue weighted by atomic mass is 35.5. The summed E-state index contributed by atoms with van der Waals surface area (Å²) in [5.41, 5.74) is -2.10. The van der Waals surface area contributed by atoms with E-state index in [9.17, 15) is 18.0 Å². The fourth-order valence-corrected chi connectivity index (χ4v) is 3.74. The van der Waals surface area contributed by atoms with Gasteiger partial charge in [0.15, 0.2) is 4.77 Å². The fourth-order valence-electron chi connectivity index (χ4n) is 2.47. The number of H-pyrrole nitrogens is 1. The van der Waals surface area contributed by atoms with Gasteiger partial charge in [-0.3, -0.25) is 9.78 Å². The summed E-state index contributed by atoms with van der Waals surface area (Å²) in [6.07, 6.45) is -4.74. The van der Waals surface area contributed by atoms with Gasteiger partial charge in [-0.05, 0) is 30.4 Å². The van der Waals surface area contributed by atoms with Crippen LogP contribution < -0.4 is 5.56 Å². The Morgan fingerprint density at radius 1 is 1.42 bits per heavy atom. The minimum atomic E-state index is -4.74. The summed E-state index contributed by atoms with van der Waals surface area (Å²) in [7, 11) is 1.45. The van der Waals surface area contributed by atoms with Crippen molar-refractivity contribution in [2.75, 3.05) is 13.7 Å². The van der Waals surface area contributed by atoms with Gasteiger partial charge in [-0.15, -0.1) is 11.3 Å². The Morgan fingerprint density at radius 3 is 2.73 bits per heavy atom. The number of pyridine rings is 1. The molecule has 0 aliphatic rings. The Hall–Kier alpha value is -1.75. The van der Waals surface area contributed by atoms with Crippen molar-refractivity contribution in [3.8, 4) is 10.6 Å². The minimum absolute atomic E-state index is 0.0264. The van der Waals surface area contributed by atoms with Gasteiger partial charge in [0.25, 0.3) is 5.56 Å². The molecule has 0 saturated heterocycles. The molecule has 0 atom stereocenters. The third kappa shape index (κ3) is 3.54. The van der Waals surface area contributed by atoms with Gasteiger partial charge in [-0.2, -0.15) is 13.2 Å². The van der Waals surface area contributed by atoms with Crippen LogP contribution in [0.2, 0.25) is 4.34 Å². The standard InChI is InChI=1S/C15H11ClF3N3O2S2/c1-24-5-4-22-12-11(13(23)21-14(22)25)7(15(17,18)19)6-8(20-12)9-2-3-10(16)26-9/h2-3,6H,4-5H2,1H3,(H,21,23,25). The molecule has 0 fully saturated rings. The monoisotopic (exact) mass is 421 g/mol. The van der Waals surface area contributed by atoms with Crippen LogP contribution >= 0.6 is 35.2 Å². The number of halogens is 4. The van der Waals surface area contributed by atoms with Crippen molar-refractivity contribution in [2.24, 2.45) is 0 Å². The second-order valence-electron chi connectivity index (χ2n) is 5.26. The molecule has 0 bridgehead atoms. The molecule has 5 nitrogen and oxygen atoms in total. The Labute approximate surface area is 159 Å². The second kappa shape index (κ2) is 7.10. The predicted molar refractivity (Wildman–Crippen MR) is 96.4 cm³/mol. The van der Waals surface area contributed by atoms with Gasteiger partial charge in [0.2, 0.25) is 0 Å². The lowest BCUT2D eigenvalue weighted by Crippen LogP contribution is -2.21. The highest BCUT2D eigenvalue weighted by molar-refractivity contribution is 7.71. The lowest BCUT2D eigenvalue weighted by atomic mass is 10.1. The van der Waals surface area contributed by atoms with E-state index in [1.165, 1.54) is 11.7 Å². The van der Waals surface area contributed by atoms with Crippen LogP contribution in [0.1, 0.15) is 5.56 Å². The molecular weight excluding hydrogens is 411 g/mol. The van der Waals surface area contributed by atoms with E-state index < -0.39 is 22.7 Å². The molecule has 138 valence electrons. The Morgan fingerprint density at radius 2 is 2.15 bits per heavy atom. The predicted octanol–water partition coefficient (Wildman–Crippen LogP) is 4.50. The summed E-state index contributed by atoms with van der Waals surface area (Å²) in [5.74, 6) is 0. The lowest BCUT2D eigenvalue weighted by molar-refractivity contribution is -0.136. The molecule has 3 aromatic heterocycles. The molecule has 26 heavy (non-hydrogen) atoms. The maximum Gasteiger partial charge on any atom is 0.417 e. The maximum atomic E-state index is 13.6. The first-order chi connectivity index (χ1) is 12.2. The third-order valence-electron chi connectivity index (χ3n) is 3.60. The van der Waals surface area contributed by atoms with E-state index in [-0.39, 0.29) is 29.3 Å². The Kier molecular flexibility index (Phi) is 5.20. The molecule has 0 amide bonds. The molecule has 0 aliphatic heterocycles. The average Bonchev–Trinajstić information content (AvgIpc) is 2.99. The van der Waals surface area contributed by atoms with Crippen molar-refractivity contribution in [2.45, 2.75) is 12.7 Å². The summed E-state index contributed by atoms with van der Waals surface area (Å²) in [4.78, 5) is 19.2. The van der Waals surface area contributed by atoms with Crippen molar-refractivity contribution < 1.29 is 17.9 Å². The normalized spacial score (nSPS) is 12.0. The number of ether oxygens (including phenoxy) is 1. The van der Waals surface area contributed by atoms with Gasteiger partial charge in [-0.25, -0.2) is 4.98 Å². The van der Waals surface area contributed by atoms with Crippen molar-refractivity contribution >= 4 is 46.2 Å². The Bertz CT molecular complexity index is 1090. The van der Waals surface area contributed by atoms with E-state index in [0.717, 1.165) is 17.4 Å². The maximum absolute atomic E-state index is 13.6. The van der Waals surface area contributed by atoms with Gasteiger partial charge in [0.1, 0.15) is 5.65 Å². The Balaban J connectivity index is 2.43. The molecule has 0 aromatic carbocycles. The molecule has 1 N–H and O–H groups in total. The number of aromatic nitrogens is 3. The molecule has 0 spiro atoms. The number of nitrogens with zero attached hydrogens (tertiary/aromatic N) is 2. The van der Waals surface area contributed by atoms with E-state index in [1.807, 2.05) is 0 Å².